The smallest absolute Gasteiger partial charge is 0.211 e. The number of hydrogen-bond acceptors (Lipinski definition) is 3. The molecular formula is C60H35N7. The van der Waals surface area contributed by atoms with Crippen LogP contribution in [0.25, 0.3) is 121 Å². The topological polar surface area (TPSA) is 68.7 Å². The molecule has 310 valence electrons. The van der Waals surface area contributed by atoms with Crippen LogP contribution in [-0.4, -0.2) is 23.7 Å². The van der Waals surface area contributed by atoms with Crippen molar-refractivity contribution in [2.45, 2.75) is 0 Å². The number of nitriles is 1. The molecule has 0 radical (unpaired) electrons. The van der Waals surface area contributed by atoms with E-state index in [1.54, 1.807) is 0 Å². The van der Waals surface area contributed by atoms with Crippen LogP contribution in [0.2, 0.25) is 0 Å². The van der Waals surface area contributed by atoms with Crippen molar-refractivity contribution in [3.63, 3.8) is 0 Å². The van der Waals surface area contributed by atoms with Crippen molar-refractivity contribution in [1.82, 2.24) is 23.7 Å². The molecule has 0 spiro atoms. The van der Waals surface area contributed by atoms with Gasteiger partial charge in [0.1, 0.15) is 0 Å². The maximum absolute atomic E-state index is 11.0. The lowest BCUT2D eigenvalue weighted by molar-refractivity contribution is 1.16. The van der Waals surface area contributed by atoms with E-state index in [1.807, 2.05) is 78.9 Å². The molecular weight excluding hydrogens is 819 g/mol. The molecule has 0 fully saturated rings. The molecule has 0 amide bonds. The summed E-state index contributed by atoms with van der Waals surface area (Å²) >= 11 is 0. The molecule has 7 nitrogen and oxygen atoms in total. The van der Waals surface area contributed by atoms with Crippen molar-refractivity contribution in [3.8, 4) is 57.0 Å². The molecule has 0 saturated carbocycles. The maximum atomic E-state index is 11.0. The molecule has 4 aromatic heterocycles. The number of fused-ring (bicyclic) bond motifs is 9. The molecule has 0 aliphatic heterocycles. The summed E-state index contributed by atoms with van der Waals surface area (Å²) < 4.78 is 6.83. The fourth-order valence-corrected chi connectivity index (χ4v) is 10.1. The number of hydrogen-bond donors (Lipinski definition) is 0. The van der Waals surface area contributed by atoms with E-state index in [1.165, 1.54) is 21.5 Å². The van der Waals surface area contributed by atoms with Gasteiger partial charge in [0.25, 0.3) is 0 Å². The molecule has 9 aromatic carbocycles. The number of rotatable bonds is 6. The number of nitrogens with zero attached hydrogens (tertiary/aromatic N) is 7. The van der Waals surface area contributed by atoms with Crippen LogP contribution in [0.5, 0.6) is 0 Å². The van der Waals surface area contributed by atoms with Gasteiger partial charge in [-0.25, -0.2) is 14.8 Å². The summed E-state index contributed by atoms with van der Waals surface area (Å²) in [6.07, 6.45) is 0. The largest absolute Gasteiger partial charge is 0.319 e. The third kappa shape index (κ3) is 5.90. The van der Waals surface area contributed by atoms with E-state index in [0.29, 0.717) is 34.0 Å². The van der Waals surface area contributed by atoms with E-state index >= 15 is 0 Å². The summed E-state index contributed by atoms with van der Waals surface area (Å²) in [6, 6.07) is 75.3. The predicted octanol–water partition coefficient (Wildman–Crippen LogP) is 15.2. The second kappa shape index (κ2) is 15.0. The second-order valence-corrected chi connectivity index (χ2v) is 16.8. The van der Waals surface area contributed by atoms with Crippen molar-refractivity contribution < 1.29 is 0 Å². The first-order chi connectivity index (χ1) is 33.1. The Morgan fingerprint density at radius 1 is 0.403 bits per heavy atom. The Kier molecular flexibility index (Phi) is 8.51. The normalized spacial score (nSPS) is 11.6. The molecule has 4 heterocycles. The summed E-state index contributed by atoms with van der Waals surface area (Å²) in [5.41, 5.74) is 13.4. The van der Waals surface area contributed by atoms with E-state index < -0.39 is 0 Å². The number of para-hydroxylation sites is 4. The van der Waals surface area contributed by atoms with Crippen molar-refractivity contribution in [2.75, 3.05) is 0 Å². The average molecular weight is 854 g/mol. The lowest BCUT2D eigenvalue weighted by Crippen LogP contribution is -2.00. The van der Waals surface area contributed by atoms with Crippen molar-refractivity contribution >= 4 is 71.1 Å². The zero-order chi connectivity index (χ0) is 44.6. The first-order valence-electron chi connectivity index (χ1n) is 22.2. The predicted molar refractivity (Wildman–Crippen MR) is 272 cm³/mol. The van der Waals surface area contributed by atoms with Crippen LogP contribution in [0.4, 0.5) is 5.69 Å². The second-order valence-electron chi connectivity index (χ2n) is 16.8. The molecule has 13 aromatic rings. The summed E-state index contributed by atoms with van der Waals surface area (Å²) in [5, 5.41) is 17.8. The van der Waals surface area contributed by atoms with Gasteiger partial charge in [-0.3, -0.25) is 0 Å². The van der Waals surface area contributed by atoms with Gasteiger partial charge in [-0.2, -0.15) is 5.26 Å². The fraction of sp³-hybridized carbons (Fsp3) is 0. The van der Waals surface area contributed by atoms with E-state index in [-0.39, 0.29) is 0 Å². The van der Waals surface area contributed by atoms with Gasteiger partial charge < -0.3 is 13.7 Å². The molecule has 67 heavy (non-hydrogen) atoms. The number of benzene rings is 9. The molecule has 0 atom stereocenters. The Morgan fingerprint density at radius 3 is 1.31 bits per heavy atom. The standard InChI is InChI=1S/C60H35N7/c1-62-52-35-47(51-36-50(38-16-4-2-5-17-38)63-60(64-51)39-18-6-3-7-19-39)40(37-61)32-59(52)67-57-30-28-41(65-53-24-12-8-20-43(53)44-21-9-13-25-54(44)65)33-48(57)49-34-42(29-31-58(49)67)66-55-26-14-10-22-45(55)46-23-11-15-27-56(46)66/h2-36H. The van der Waals surface area contributed by atoms with Crippen LogP contribution in [0, 0.1) is 17.9 Å². The fourth-order valence-electron chi connectivity index (χ4n) is 10.1. The highest BCUT2D eigenvalue weighted by Crippen LogP contribution is 2.43. The minimum Gasteiger partial charge on any atom is -0.319 e. The highest BCUT2D eigenvalue weighted by Gasteiger charge is 2.23. The lowest BCUT2D eigenvalue weighted by Gasteiger charge is -2.15. The van der Waals surface area contributed by atoms with Gasteiger partial charge in [0.2, 0.25) is 5.69 Å². The molecule has 0 unspecified atom stereocenters. The molecule has 0 bridgehead atoms. The highest BCUT2D eigenvalue weighted by atomic mass is 15.0. The average Bonchev–Trinajstić information content (AvgIpc) is 4.04. The van der Waals surface area contributed by atoms with Gasteiger partial charge in [0.15, 0.2) is 5.82 Å². The minimum atomic E-state index is 0.395. The third-order valence-electron chi connectivity index (χ3n) is 13.1. The Labute approximate surface area is 384 Å². The Balaban J connectivity index is 1.07. The molecule has 7 heteroatoms. The van der Waals surface area contributed by atoms with Crippen LogP contribution < -0.4 is 0 Å². The zero-order valence-electron chi connectivity index (χ0n) is 35.8. The summed E-state index contributed by atoms with van der Waals surface area (Å²) in [7, 11) is 0. The van der Waals surface area contributed by atoms with Gasteiger partial charge in [-0.15, -0.1) is 0 Å². The van der Waals surface area contributed by atoms with Crippen molar-refractivity contribution in [1.29, 1.82) is 5.26 Å². The van der Waals surface area contributed by atoms with Crippen LogP contribution in [0.1, 0.15) is 5.56 Å². The van der Waals surface area contributed by atoms with Crippen LogP contribution in [0.15, 0.2) is 212 Å². The maximum Gasteiger partial charge on any atom is 0.211 e. The van der Waals surface area contributed by atoms with Gasteiger partial charge in [0.05, 0.1) is 68.4 Å². The van der Waals surface area contributed by atoms with Crippen molar-refractivity contribution in [2.24, 2.45) is 0 Å². The lowest BCUT2D eigenvalue weighted by atomic mass is 10.0. The molecule has 0 aliphatic rings. The molecule has 0 aliphatic carbocycles. The van der Waals surface area contributed by atoms with E-state index in [4.69, 9.17) is 16.5 Å². The zero-order valence-corrected chi connectivity index (χ0v) is 35.8. The summed E-state index contributed by atoms with van der Waals surface area (Å²) in [4.78, 5) is 14.2. The molecule has 13 rings (SSSR count). The summed E-state index contributed by atoms with van der Waals surface area (Å²) in [6.45, 7) is 8.70. The summed E-state index contributed by atoms with van der Waals surface area (Å²) in [5.74, 6) is 0.537. The van der Waals surface area contributed by atoms with E-state index in [9.17, 15) is 5.26 Å². The van der Waals surface area contributed by atoms with E-state index in [2.05, 4.69) is 158 Å². The highest BCUT2D eigenvalue weighted by molar-refractivity contribution is 6.14. The van der Waals surface area contributed by atoms with Crippen LogP contribution in [-0.2, 0) is 0 Å². The Morgan fingerprint density at radius 2 is 0.836 bits per heavy atom. The Bertz CT molecular complexity index is 3900. The van der Waals surface area contributed by atoms with Gasteiger partial charge in [-0.1, -0.05) is 133 Å². The van der Waals surface area contributed by atoms with Crippen molar-refractivity contribution in [3.05, 3.63) is 229 Å². The Hall–Kier alpha value is -9.56. The van der Waals surface area contributed by atoms with Gasteiger partial charge in [0, 0.05) is 60.4 Å². The molecule has 0 saturated heterocycles. The van der Waals surface area contributed by atoms with Gasteiger partial charge >= 0.3 is 0 Å². The quantitative estimate of drug-likeness (QED) is 0.156. The third-order valence-corrected chi connectivity index (χ3v) is 13.1. The van der Waals surface area contributed by atoms with Crippen LogP contribution in [0.3, 0.4) is 0 Å². The first kappa shape index (κ1) is 37.9. The van der Waals surface area contributed by atoms with Gasteiger partial charge in [-0.05, 0) is 78.9 Å². The van der Waals surface area contributed by atoms with Crippen LogP contribution >= 0.6 is 0 Å². The number of aromatic nitrogens is 5. The monoisotopic (exact) mass is 853 g/mol. The van der Waals surface area contributed by atoms with E-state index in [0.717, 1.165) is 72.1 Å². The first-order valence-corrected chi connectivity index (χ1v) is 22.2. The SMILES string of the molecule is [C-]#[N+]c1cc(-c2cc(-c3ccccc3)nc(-c3ccccc3)n2)c(C#N)cc1-n1c2ccc(-n3c4ccccc4c4ccccc43)cc2c2cc(-n3c4ccccc4c4ccccc43)ccc21. The molecule has 0 N–H and O–H groups in total. The minimum absolute atomic E-state index is 0.395.